The summed E-state index contributed by atoms with van der Waals surface area (Å²) in [5.41, 5.74) is 5.08. The molecule has 0 unspecified atom stereocenters. The predicted molar refractivity (Wildman–Crippen MR) is 94.6 cm³/mol. The normalized spacial score (nSPS) is 9.76. The first-order valence-corrected chi connectivity index (χ1v) is 7.55. The monoisotopic (exact) mass is 358 g/mol. The Kier molecular flexibility index (Phi) is 6.13. The van der Waals surface area contributed by atoms with Gasteiger partial charge in [-0.3, -0.25) is 35.9 Å². The molecule has 2 amide bonds. The quantitative estimate of drug-likeness (QED) is 0.433. The van der Waals surface area contributed by atoms with Gasteiger partial charge in [0.2, 0.25) is 5.91 Å². The second-order valence-corrected chi connectivity index (χ2v) is 5.30. The van der Waals surface area contributed by atoms with Gasteiger partial charge in [-0.1, -0.05) is 42.5 Å². The number of nitro groups is 1. The summed E-state index contributed by atoms with van der Waals surface area (Å²) < 4.78 is 0. The van der Waals surface area contributed by atoms with Crippen molar-refractivity contribution < 1.29 is 14.5 Å². The first-order chi connectivity index (χ1) is 12.0. The number of hydrogen-bond donors (Lipinski definition) is 3. The molecule has 2 aromatic rings. The van der Waals surface area contributed by atoms with E-state index in [4.69, 9.17) is 12.2 Å². The van der Waals surface area contributed by atoms with Crippen LogP contribution in [0, 0.1) is 10.1 Å². The number of carbonyl (C=O) groups excluding carboxylic acids is 2. The maximum absolute atomic E-state index is 12.1. The van der Waals surface area contributed by atoms with Gasteiger partial charge >= 0.3 is 0 Å². The fourth-order valence-electron chi connectivity index (χ4n) is 1.98. The van der Waals surface area contributed by atoms with Crippen LogP contribution in [0.25, 0.3) is 0 Å². The van der Waals surface area contributed by atoms with E-state index in [1.807, 2.05) is 18.2 Å². The van der Waals surface area contributed by atoms with Gasteiger partial charge < -0.3 is 0 Å². The SMILES string of the molecule is O=C(Cc1ccccc1)NNC(=S)NC(=O)c1ccccc1[N+](=O)[O-]. The number of amides is 2. The standard InChI is InChI=1S/C16H14N4O4S/c21-14(10-11-6-2-1-3-7-11)18-19-16(25)17-15(22)12-8-4-5-9-13(12)20(23)24/h1-9H,10H2,(H,18,21)(H2,17,19,22,25). The first-order valence-electron chi connectivity index (χ1n) is 7.15. The van der Waals surface area contributed by atoms with Crippen LogP contribution in [0.4, 0.5) is 5.69 Å². The fourth-order valence-corrected chi connectivity index (χ4v) is 2.12. The molecule has 3 N–H and O–H groups in total. The average Bonchev–Trinajstić information content (AvgIpc) is 2.60. The summed E-state index contributed by atoms with van der Waals surface area (Å²) in [5, 5.41) is 13.0. The molecule has 8 nitrogen and oxygen atoms in total. The van der Waals surface area contributed by atoms with E-state index in [0.717, 1.165) is 5.56 Å². The molecule has 0 radical (unpaired) electrons. The summed E-state index contributed by atoms with van der Waals surface area (Å²) in [4.78, 5) is 34.1. The Labute approximate surface area is 148 Å². The van der Waals surface area contributed by atoms with Crippen molar-refractivity contribution in [2.24, 2.45) is 0 Å². The van der Waals surface area contributed by atoms with Crippen LogP contribution in [-0.2, 0) is 11.2 Å². The maximum atomic E-state index is 12.1. The molecule has 0 fully saturated rings. The number of thiocarbonyl (C=S) groups is 1. The Hall–Kier alpha value is -3.33. The van der Waals surface area contributed by atoms with E-state index in [0.29, 0.717) is 0 Å². The van der Waals surface area contributed by atoms with Gasteiger partial charge in [0.25, 0.3) is 11.6 Å². The van der Waals surface area contributed by atoms with Gasteiger partial charge in [0.05, 0.1) is 11.3 Å². The third-order valence-electron chi connectivity index (χ3n) is 3.10. The minimum atomic E-state index is -0.748. The zero-order valence-electron chi connectivity index (χ0n) is 12.9. The molecule has 2 rings (SSSR count). The highest BCUT2D eigenvalue weighted by Gasteiger charge is 2.19. The number of nitro benzene ring substituents is 1. The second-order valence-electron chi connectivity index (χ2n) is 4.89. The first kappa shape index (κ1) is 18.0. The highest BCUT2D eigenvalue weighted by Crippen LogP contribution is 2.17. The zero-order chi connectivity index (χ0) is 18.2. The highest BCUT2D eigenvalue weighted by atomic mass is 32.1. The minimum absolute atomic E-state index is 0.132. The van der Waals surface area contributed by atoms with Crippen LogP contribution >= 0.6 is 12.2 Å². The lowest BCUT2D eigenvalue weighted by molar-refractivity contribution is -0.385. The van der Waals surface area contributed by atoms with Crippen molar-refractivity contribution in [3.63, 3.8) is 0 Å². The molecule has 0 bridgehead atoms. The summed E-state index contributed by atoms with van der Waals surface area (Å²) in [6, 6.07) is 14.5. The van der Waals surface area contributed by atoms with Crippen molar-refractivity contribution in [1.82, 2.24) is 16.2 Å². The summed E-state index contributed by atoms with van der Waals surface area (Å²) in [6.07, 6.45) is 0.133. The van der Waals surface area contributed by atoms with Crippen LogP contribution in [0.1, 0.15) is 15.9 Å². The number of rotatable bonds is 4. The summed E-state index contributed by atoms with van der Waals surface area (Å²) >= 11 is 4.89. The summed E-state index contributed by atoms with van der Waals surface area (Å²) in [6.45, 7) is 0. The molecule has 2 aromatic carbocycles. The molecule has 9 heteroatoms. The molecule has 0 aromatic heterocycles. The highest BCUT2D eigenvalue weighted by molar-refractivity contribution is 7.80. The molecule has 0 spiro atoms. The predicted octanol–water partition coefficient (Wildman–Crippen LogP) is 1.47. The van der Waals surface area contributed by atoms with Crippen molar-refractivity contribution in [2.75, 3.05) is 0 Å². The number of benzene rings is 2. The number of hydrazine groups is 1. The Morgan fingerprint density at radius 3 is 2.32 bits per heavy atom. The molecule has 0 saturated carbocycles. The molecular weight excluding hydrogens is 344 g/mol. The van der Waals surface area contributed by atoms with Crippen LogP contribution < -0.4 is 16.2 Å². The third-order valence-corrected chi connectivity index (χ3v) is 3.30. The molecule has 0 heterocycles. The van der Waals surface area contributed by atoms with Gasteiger partial charge in [-0.15, -0.1) is 0 Å². The largest absolute Gasteiger partial charge is 0.297 e. The van der Waals surface area contributed by atoms with Crippen molar-refractivity contribution in [2.45, 2.75) is 6.42 Å². The molecule has 0 atom stereocenters. The fraction of sp³-hybridized carbons (Fsp3) is 0.0625. The van der Waals surface area contributed by atoms with E-state index in [1.165, 1.54) is 24.3 Å². The number of nitrogens with one attached hydrogen (secondary N) is 3. The third kappa shape index (κ3) is 5.36. The molecule has 0 aliphatic carbocycles. The average molecular weight is 358 g/mol. The lowest BCUT2D eigenvalue weighted by atomic mass is 10.1. The van der Waals surface area contributed by atoms with Gasteiger partial charge in [0.1, 0.15) is 5.56 Å². The number of hydrogen-bond acceptors (Lipinski definition) is 5. The number of nitrogens with zero attached hydrogens (tertiary/aromatic N) is 1. The van der Waals surface area contributed by atoms with E-state index in [2.05, 4.69) is 16.2 Å². The number of carbonyl (C=O) groups is 2. The Balaban J connectivity index is 1.87. The molecule has 0 saturated heterocycles. The van der Waals surface area contributed by atoms with Crippen molar-refractivity contribution >= 4 is 34.8 Å². The Bertz CT molecular complexity index is 811. The van der Waals surface area contributed by atoms with Crippen LogP contribution in [0.5, 0.6) is 0 Å². The van der Waals surface area contributed by atoms with Gasteiger partial charge in [-0.2, -0.15) is 0 Å². The molecular formula is C16H14N4O4S. The van der Waals surface area contributed by atoms with Gasteiger partial charge in [-0.05, 0) is 23.8 Å². The topological polar surface area (TPSA) is 113 Å². The van der Waals surface area contributed by atoms with Crippen LogP contribution in [-0.4, -0.2) is 21.9 Å². The maximum Gasteiger partial charge on any atom is 0.282 e. The lowest BCUT2D eigenvalue weighted by Gasteiger charge is -2.11. The molecule has 25 heavy (non-hydrogen) atoms. The Morgan fingerprint density at radius 1 is 1.00 bits per heavy atom. The van der Waals surface area contributed by atoms with Crippen molar-refractivity contribution in [3.8, 4) is 0 Å². The van der Waals surface area contributed by atoms with Crippen LogP contribution in [0.15, 0.2) is 54.6 Å². The minimum Gasteiger partial charge on any atom is -0.297 e. The number of para-hydroxylation sites is 1. The van der Waals surface area contributed by atoms with Gasteiger partial charge in [0.15, 0.2) is 5.11 Å². The van der Waals surface area contributed by atoms with E-state index >= 15 is 0 Å². The summed E-state index contributed by atoms with van der Waals surface area (Å²) in [5.74, 6) is -1.10. The van der Waals surface area contributed by atoms with Gasteiger partial charge in [0, 0.05) is 6.07 Å². The van der Waals surface area contributed by atoms with Crippen molar-refractivity contribution in [3.05, 3.63) is 75.8 Å². The van der Waals surface area contributed by atoms with Crippen LogP contribution in [0.2, 0.25) is 0 Å². The van der Waals surface area contributed by atoms with E-state index in [9.17, 15) is 19.7 Å². The molecule has 0 aliphatic heterocycles. The van der Waals surface area contributed by atoms with Crippen molar-refractivity contribution in [1.29, 1.82) is 0 Å². The second kappa shape index (κ2) is 8.50. The van der Waals surface area contributed by atoms with Gasteiger partial charge in [-0.25, -0.2) is 0 Å². The van der Waals surface area contributed by atoms with E-state index in [-0.39, 0.29) is 28.7 Å². The molecule has 0 aliphatic rings. The van der Waals surface area contributed by atoms with Crippen LogP contribution in [0.3, 0.4) is 0 Å². The lowest BCUT2D eigenvalue weighted by Crippen LogP contribution is -2.48. The zero-order valence-corrected chi connectivity index (χ0v) is 13.7. The Morgan fingerprint density at radius 2 is 1.64 bits per heavy atom. The van der Waals surface area contributed by atoms with E-state index < -0.39 is 10.8 Å². The van der Waals surface area contributed by atoms with E-state index in [1.54, 1.807) is 12.1 Å². The summed E-state index contributed by atoms with van der Waals surface area (Å²) in [7, 11) is 0. The molecule has 128 valence electrons. The smallest absolute Gasteiger partial charge is 0.282 e.